The third-order valence-electron chi connectivity index (χ3n) is 4.37. The van der Waals surface area contributed by atoms with Gasteiger partial charge in [0.1, 0.15) is 5.75 Å². The fraction of sp³-hybridized carbons (Fsp3) is 0.364. The average molecular weight is 412 g/mol. The van der Waals surface area contributed by atoms with Crippen molar-refractivity contribution in [1.82, 2.24) is 10.6 Å². The highest BCUT2D eigenvalue weighted by atomic mass is 16.5. The zero-order valence-corrected chi connectivity index (χ0v) is 17.4. The van der Waals surface area contributed by atoms with E-state index in [9.17, 15) is 4.79 Å². The largest absolute Gasteiger partial charge is 0.497 e. The van der Waals surface area contributed by atoms with Crippen molar-refractivity contribution < 1.29 is 19.0 Å². The zero-order valence-electron chi connectivity index (χ0n) is 17.4. The van der Waals surface area contributed by atoms with Crippen molar-refractivity contribution >= 4 is 17.6 Å². The van der Waals surface area contributed by atoms with Gasteiger partial charge in [-0.1, -0.05) is 0 Å². The van der Waals surface area contributed by atoms with E-state index in [1.807, 2.05) is 25.1 Å². The summed E-state index contributed by atoms with van der Waals surface area (Å²) in [6.45, 7) is 4.86. The Labute approximate surface area is 176 Å². The van der Waals surface area contributed by atoms with Gasteiger partial charge in [0.05, 0.1) is 26.9 Å². The van der Waals surface area contributed by atoms with Gasteiger partial charge >= 0.3 is 0 Å². The quantitative estimate of drug-likeness (QED) is 0.368. The number of nitrogens with one attached hydrogen (secondary N) is 3. The molecule has 1 aliphatic rings. The molecule has 1 aliphatic heterocycles. The molecule has 0 atom stereocenters. The molecule has 0 spiro atoms. The second-order valence-electron chi connectivity index (χ2n) is 6.58. The fourth-order valence-corrected chi connectivity index (χ4v) is 2.87. The van der Waals surface area contributed by atoms with E-state index in [4.69, 9.17) is 14.2 Å². The number of anilines is 1. The molecule has 160 valence electrons. The highest BCUT2D eigenvalue weighted by Crippen LogP contribution is 2.32. The van der Waals surface area contributed by atoms with E-state index in [-0.39, 0.29) is 5.91 Å². The van der Waals surface area contributed by atoms with E-state index >= 15 is 0 Å². The molecule has 0 radical (unpaired) electrons. The number of fused-ring (bicyclic) bond motifs is 1. The number of carbonyl (C=O) groups excluding carboxylic acids is 1. The third-order valence-corrected chi connectivity index (χ3v) is 4.37. The maximum Gasteiger partial charge on any atom is 0.251 e. The summed E-state index contributed by atoms with van der Waals surface area (Å²) in [5, 5.41) is 9.32. The number of aliphatic imine (C=N–C) groups is 1. The molecule has 0 saturated heterocycles. The standard InChI is InChI=1S/C22H28N4O4/c1-3-23-22(26-17-7-10-19-20(15-17)30-14-4-13-29-19)25-12-11-24-21(27)16-5-8-18(28-2)9-6-16/h5-10,15H,3-4,11-14H2,1-2H3,(H,24,27)(H2,23,25,26). The van der Waals surface area contributed by atoms with Crippen LogP contribution in [-0.4, -0.2) is 51.8 Å². The minimum atomic E-state index is -0.145. The second-order valence-corrected chi connectivity index (χ2v) is 6.58. The predicted octanol–water partition coefficient (Wildman–Crippen LogP) is 2.66. The van der Waals surface area contributed by atoms with Crippen LogP contribution in [0.4, 0.5) is 5.69 Å². The molecule has 3 N–H and O–H groups in total. The van der Waals surface area contributed by atoms with Gasteiger partial charge < -0.3 is 30.2 Å². The number of amides is 1. The average Bonchev–Trinajstić information content (AvgIpc) is 3.01. The third kappa shape index (κ3) is 6.04. The number of methoxy groups -OCH3 is 1. The maximum absolute atomic E-state index is 12.2. The first kappa shape index (κ1) is 21.3. The topological polar surface area (TPSA) is 93.2 Å². The molecule has 0 aromatic heterocycles. The summed E-state index contributed by atoms with van der Waals surface area (Å²) < 4.78 is 16.5. The highest BCUT2D eigenvalue weighted by molar-refractivity contribution is 5.95. The SMILES string of the molecule is CCNC(=NCCNC(=O)c1ccc(OC)cc1)Nc1ccc2c(c1)OCCCO2. The van der Waals surface area contributed by atoms with Crippen LogP contribution < -0.4 is 30.2 Å². The van der Waals surface area contributed by atoms with Crippen LogP contribution in [0.5, 0.6) is 17.2 Å². The summed E-state index contributed by atoms with van der Waals surface area (Å²) in [5.41, 5.74) is 1.43. The molecular formula is C22H28N4O4. The van der Waals surface area contributed by atoms with E-state index in [0.29, 0.717) is 50.1 Å². The molecule has 0 aliphatic carbocycles. The van der Waals surface area contributed by atoms with Gasteiger partial charge in [0.15, 0.2) is 17.5 Å². The molecular weight excluding hydrogens is 384 g/mol. The number of carbonyl (C=O) groups is 1. The van der Waals surface area contributed by atoms with Gasteiger partial charge in [-0.15, -0.1) is 0 Å². The lowest BCUT2D eigenvalue weighted by molar-refractivity contribution is 0.0955. The van der Waals surface area contributed by atoms with E-state index in [1.165, 1.54) is 0 Å². The predicted molar refractivity (Wildman–Crippen MR) is 117 cm³/mol. The first-order valence-electron chi connectivity index (χ1n) is 10.1. The van der Waals surface area contributed by atoms with Gasteiger partial charge in [0, 0.05) is 36.8 Å². The number of rotatable bonds is 7. The van der Waals surface area contributed by atoms with Crippen molar-refractivity contribution in [2.75, 3.05) is 45.3 Å². The van der Waals surface area contributed by atoms with Gasteiger partial charge in [0.25, 0.3) is 5.91 Å². The smallest absolute Gasteiger partial charge is 0.251 e. The van der Waals surface area contributed by atoms with Crippen molar-refractivity contribution in [3.05, 3.63) is 48.0 Å². The normalized spacial score (nSPS) is 13.2. The summed E-state index contributed by atoms with van der Waals surface area (Å²) >= 11 is 0. The number of nitrogens with zero attached hydrogens (tertiary/aromatic N) is 1. The van der Waals surface area contributed by atoms with E-state index in [2.05, 4.69) is 20.9 Å². The molecule has 1 amide bonds. The summed E-state index contributed by atoms with van der Waals surface area (Å²) in [4.78, 5) is 16.7. The first-order valence-corrected chi connectivity index (χ1v) is 10.1. The summed E-state index contributed by atoms with van der Waals surface area (Å²) in [6.07, 6.45) is 0.865. The second kappa shape index (κ2) is 10.9. The Balaban J connectivity index is 1.54. The van der Waals surface area contributed by atoms with Crippen molar-refractivity contribution in [2.24, 2.45) is 4.99 Å². The van der Waals surface area contributed by atoms with Gasteiger partial charge in [-0.25, -0.2) is 0 Å². The van der Waals surface area contributed by atoms with Gasteiger partial charge in [-0.2, -0.15) is 0 Å². The molecule has 0 bridgehead atoms. The van der Waals surface area contributed by atoms with Crippen molar-refractivity contribution in [2.45, 2.75) is 13.3 Å². The molecule has 0 saturated carbocycles. The fourth-order valence-electron chi connectivity index (χ4n) is 2.87. The van der Waals surface area contributed by atoms with Crippen LogP contribution in [0.2, 0.25) is 0 Å². The van der Waals surface area contributed by atoms with Crippen molar-refractivity contribution in [3.63, 3.8) is 0 Å². The zero-order chi connectivity index (χ0) is 21.2. The van der Waals surface area contributed by atoms with Gasteiger partial charge in [-0.3, -0.25) is 9.79 Å². The van der Waals surface area contributed by atoms with Crippen LogP contribution in [0.25, 0.3) is 0 Å². The van der Waals surface area contributed by atoms with Crippen LogP contribution in [0.1, 0.15) is 23.7 Å². The molecule has 3 rings (SSSR count). The molecule has 2 aromatic rings. The Kier molecular flexibility index (Phi) is 7.77. The molecule has 2 aromatic carbocycles. The molecule has 1 heterocycles. The minimum absolute atomic E-state index is 0.145. The molecule has 0 unspecified atom stereocenters. The van der Waals surface area contributed by atoms with Crippen molar-refractivity contribution in [1.29, 1.82) is 0 Å². The van der Waals surface area contributed by atoms with Crippen LogP contribution in [0, 0.1) is 0 Å². The lowest BCUT2D eigenvalue weighted by atomic mass is 10.2. The number of hydrogen-bond donors (Lipinski definition) is 3. The summed E-state index contributed by atoms with van der Waals surface area (Å²) in [5.74, 6) is 2.67. The first-order chi connectivity index (χ1) is 14.7. The van der Waals surface area contributed by atoms with Crippen LogP contribution >= 0.6 is 0 Å². The molecule has 8 heteroatoms. The number of ether oxygens (including phenoxy) is 3. The van der Waals surface area contributed by atoms with Crippen molar-refractivity contribution in [3.8, 4) is 17.2 Å². The van der Waals surface area contributed by atoms with Gasteiger partial charge in [0.2, 0.25) is 0 Å². The number of benzene rings is 2. The molecule has 0 fully saturated rings. The Hall–Kier alpha value is -3.42. The van der Waals surface area contributed by atoms with Crippen LogP contribution in [-0.2, 0) is 0 Å². The van der Waals surface area contributed by atoms with Gasteiger partial charge in [-0.05, 0) is 43.3 Å². The summed E-state index contributed by atoms with van der Waals surface area (Å²) in [7, 11) is 1.59. The number of guanidine groups is 1. The monoisotopic (exact) mass is 412 g/mol. The Bertz CT molecular complexity index is 868. The minimum Gasteiger partial charge on any atom is -0.497 e. The summed E-state index contributed by atoms with van der Waals surface area (Å²) in [6, 6.07) is 12.7. The lowest BCUT2D eigenvalue weighted by Crippen LogP contribution is -2.32. The Morgan fingerprint density at radius 2 is 1.83 bits per heavy atom. The maximum atomic E-state index is 12.2. The Morgan fingerprint density at radius 1 is 1.07 bits per heavy atom. The lowest BCUT2D eigenvalue weighted by Gasteiger charge is -2.14. The molecule has 30 heavy (non-hydrogen) atoms. The van der Waals surface area contributed by atoms with E-state index in [1.54, 1.807) is 31.4 Å². The van der Waals surface area contributed by atoms with Crippen LogP contribution in [0.15, 0.2) is 47.5 Å². The molecule has 8 nitrogen and oxygen atoms in total. The van der Waals surface area contributed by atoms with Crippen LogP contribution in [0.3, 0.4) is 0 Å². The van der Waals surface area contributed by atoms with E-state index in [0.717, 1.165) is 23.6 Å². The number of hydrogen-bond acceptors (Lipinski definition) is 5. The van der Waals surface area contributed by atoms with E-state index < -0.39 is 0 Å². The highest BCUT2D eigenvalue weighted by Gasteiger charge is 2.11. The Morgan fingerprint density at radius 3 is 2.57 bits per heavy atom.